The summed E-state index contributed by atoms with van der Waals surface area (Å²) in [5.74, 6) is -1.16. The van der Waals surface area contributed by atoms with Gasteiger partial charge in [0.05, 0.1) is 16.9 Å². The lowest BCUT2D eigenvalue weighted by Gasteiger charge is -2.20. The Morgan fingerprint density at radius 2 is 1.70 bits per heavy atom. The lowest BCUT2D eigenvalue weighted by atomic mass is 9.91. The summed E-state index contributed by atoms with van der Waals surface area (Å²) in [5, 5.41) is 14.3. The van der Waals surface area contributed by atoms with Crippen LogP contribution >= 0.6 is 11.6 Å². The smallest absolute Gasteiger partial charge is 0.435 e. The van der Waals surface area contributed by atoms with E-state index in [1.807, 2.05) is 0 Å². The summed E-state index contributed by atoms with van der Waals surface area (Å²) in [6, 6.07) is 10.1. The van der Waals surface area contributed by atoms with Crippen LogP contribution < -0.4 is 5.73 Å². The van der Waals surface area contributed by atoms with Crippen LogP contribution in [0.5, 0.6) is 5.75 Å². The summed E-state index contributed by atoms with van der Waals surface area (Å²) in [6.45, 7) is 5.39. The van der Waals surface area contributed by atoms with Gasteiger partial charge in [-0.3, -0.25) is 4.79 Å². The number of aromatic hydroxyl groups is 1. The van der Waals surface area contributed by atoms with Gasteiger partial charge in [0.1, 0.15) is 5.75 Å². The first-order valence-electron chi connectivity index (χ1n) is 8.90. The van der Waals surface area contributed by atoms with E-state index in [1.54, 1.807) is 45.0 Å². The zero-order valence-corrected chi connectivity index (χ0v) is 17.1. The number of benzene rings is 2. The topological polar surface area (TPSA) is 81.1 Å². The molecule has 2 aromatic carbocycles. The molecule has 0 aliphatic heterocycles. The van der Waals surface area contributed by atoms with E-state index in [1.165, 1.54) is 16.8 Å². The zero-order chi connectivity index (χ0) is 22.4. The fraction of sp³-hybridized carbons (Fsp3) is 0.238. The average Bonchev–Trinajstić information content (AvgIpc) is 3.09. The van der Waals surface area contributed by atoms with Gasteiger partial charge in [-0.15, -0.1) is 0 Å². The number of nitrogens with zero attached hydrogens (tertiary/aromatic N) is 2. The van der Waals surface area contributed by atoms with Gasteiger partial charge in [-0.2, -0.15) is 18.3 Å². The van der Waals surface area contributed by atoms with Crippen LogP contribution in [0, 0.1) is 0 Å². The number of phenols is 1. The number of alkyl halides is 3. The highest BCUT2D eigenvalue weighted by atomic mass is 35.5. The number of nitrogens with two attached hydrogens (primary N) is 1. The highest BCUT2D eigenvalue weighted by molar-refractivity contribution is 6.31. The fourth-order valence-electron chi connectivity index (χ4n) is 3.04. The van der Waals surface area contributed by atoms with E-state index in [0.717, 1.165) is 6.07 Å². The van der Waals surface area contributed by atoms with E-state index in [4.69, 9.17) is 17.3 Å². The van der Waals surface area contributed by atoms with E-state index in [9.17, 15) is 23.1 Å². The molecule has 3 rings (SSSR count). The van der Waals surface area contributed by atoms with Crippen molar-refractivity contribution in [3.63, 3.8) is 0 Å². The van der Waals surface area contributed by atoms with Crippen molar-refractivity contribution >= 4 is 17.5 Å². The molecule has 0 radical (unpaired) electrons. The number of aromatic nitrogens is 2. The maximum absolute atomic E-state index is 13.2. The second-order valence-corrected chi connectivity index (χ2v) is 8.27. The number of primary amides is 1. The van der Waals surface area contributed by atoms with Crippen molar-refractivity contribution in [1.29, 1.82) is 0 Å². The van der Waals surface area contributed by atoms with E-state index in [2.05, 4.69) is 5.10 Å². The Balaban J connectivity index is 2.10. The first-order valence-corrected chi connectivity index (χ1v) is 9.27. The Morgan fingerprint density at radius 3 is 2.20 bits per heavy atom. The third-order valence-electron chi connectivity index (χ3n) is 4.53. The molecule has 1 heterocycles. The first kappa shape index (κ1) is 21.7. The largest absolute Gasteiger partial charge is 0.506 e. The van der Waals surface area contributed by atoms with Crippen LogP contribution in [0.3, 0.4) is 0 Å². The third-order valence-corrected chi connectivity index (χ3v) is 4.75. The van der Waals surface area contributed by atoms with Crippen LogP contribution in [-0.4, -0.2) is 20.8 Å². The van der Waals surface area contributed by atoms with E-state index in [-0.39, 0.29) is 21.9 Å². The summed E-state index contributed by atoms with van der Waals surface area (Å²) in [4.78, 5) is 11.5. The minimum atomic E-state index is -4.57. The molecular weight excluding hydrogens is 419 g/mol. The molecule has 3 N–H and O–H groups in total. The monoisotopic (exact) mass is 437 g/mol. The van der Waals surface area contributed by atoms with Gasteiger partial charge in [0, 0.05) is 16.0 Å². The van der Waals surface area contributed by atoms with Crippen LogP contribution in [0.2, 0.25) is 5.02 Å². The molecule has 0 spiro atoms. The lowest BCUT2D eigenvalue weighted by Crippen LogP contribution is -2.17. The minimum Gasteiger partial charge on any atom is -0.506 e. The summed E-state index contributed by atoms with van der Waals surface area (Å²) < 4.78 is 40.9. The molecule has 0 saturated carbocycles. The predicted octanol–water partition coefficient (Wildman–Crippen LogP) is 5.31. The van der Waals surface area contributed by atoms with E-state index >= 15 is 0 Å². The predicted molar refractivity (Wildman–Crippen MR) is 108 cm³/mol. The van der Waals surface area contributed by atoms with Gasteiger partial charge in [-0.1, -0.05) is 44.5 Å². The highest BCUT2D eigenvalue weighted by Crippen LogP contribution is 2.37. The van der Waals surface area contributed by atoms with Crippen molar-refractivity contribution in [2.45, 2.75) is 32.4 Å². The van der Waals surface area contributed by atoms with Gasteiger partial charge in [0.15, 0.2) is 5.69 Å². The molecule has 0 bridgehead atoms. The summed E-state index contributed by atoms with van der Waals surface area (Å²) in [7, 11) is 0. The highest BCUT2D eigenvalue weighted by Gasteiger charge is 2.36. The number of carbonyl (C=O) groups is 1. The molecule has 0 atom stereocenters. The zero-order valence-electron chi connectivity index (χ0n) is 16.4. The van der Waals surface area contributed by atoms with Crippen molar-refractivity contribution in [2.24, 2.45) is 5.73 Å². The Kier molecular flexibility index (Phi) is 5.32. The Hall–Kier alpha value is -3.00. The fourth-order valence-corrected chi connectivity index (χ4v) is 3.26. The van der Waals surface area contributed by atoms with Gasteiger partial charge in [0.25, 0.3) is 5.91 Å². The molecule has 9 heteroatoms. The van der Waals surface area contributed by atoms with Gasteiger partial charge in [0.2, 0.25) is 0 Å². The molecule has 0 unspecified atom stereocenters. The second-order valence-electron chi connectivity index (χ2n) is 7.84. The molecule has 0 fully saturated rings. The summed E-state index contributed by atoms with van der Waals surface area (Å²) in [5.41, 5.74) is 5.16. The number of hydrogen-bond donors (Lipinski definition) is 2. The quantitative estimate of drug-likeness (QED) is 0.582. The Morgan fingerprint density at radius 1 is 1.10 bits per heavy atom. The molecule has 0 aliphatic rings. The average molecular weight is 438 g/mol. The van der Waals surface area contributed by atoms with Crippen LogP contribution in [0.4, 0.5) is 13.2 Å². The van der Waals surface area contributed by atoms with E-state index < -0.39 is 23.2 Å². The molecule has 5 nitrogen and oxygen atoms in total. The molecule has 0 aliphatic carbocycles. The second kappa shape index (κ2) is 7.36. The number of halogens is 4. The van der Waals surface area contributed by atoms with Crippen LogP contribution in [0.15, 0.2) is 42.5 Å². The summed E-state index contributed by atoms with van der Waals surface area (Å²) >= 11 is 6.02. The standard InChI is InChI=1S/C21H19ClF3N3O2/c1-20(2,3)17-10-16(21(23,24)25)27-28(17)13-6-4-11(5-7-13)14-8-12(22)9-15(18(14)29)19(26)30/h4-10,29H,1-3H3,(H2,26,30). The first-order chi connectivity index (χ1) is 13.8. The van der Waals surface area contributed by atoms with Crippen LogP contribution in [0.1, 0.15) is 42.5 Å². The minimum absolute atomic E-state index is 0.126. The summed E-state index contributed by atoms with van der Waals surface area (Å²) in [6.07, 6.45) is -4.57. The molecule has 0 saturated heterocycles. The van der Waals surface area contributed by atoms with Gasteiger partial charge in [-0.25, -0.2) is 4.68 Å². The van der Waals surface area contributed by atoms with Gasteiger partial charge in [-0.05, 0) is 35.9 Å². The molecule has 158 valence electrons. The van der Waals surface area contributed by atoms with Crippen molar-refractivity contribution in [1.82, 2.24) is 9.78 Å². The SMILES string of the molecule is CC(C)(C)c1cc(C(F)(F)F)nn1-c1ccc(-c2cc(Cl)cc(C(N)=O)c2O)cc1. The lowest BCUT2D eigenvalue weighted by molar-refractivity contribution is -0.141. The molecule has 30 heavy (non-hydrogen) atoms. The number of carbonyl (C=O) groups excluding carboxylic acids is 1. The number of amides is 1. The van der Waals surface area contributed by atoms with Crippen molar-refractivity contribution < 1.29 is 23.1 Å². The number of hydrogen-bond acceptors (Lipinski definition) is 3. The maximum atomic E-state index is 13.2. The van der Waals surface area contributed by atoms with Gasteiger partial charge < -0.3 is 10.8 Å². The van der Waals surface area contributed by atoms with Crippen molar-refractivity contribution in [3.8, 4) is 22.6 Å². The van der Waals surface area contributed by atoms with Crippen molar-refractivity contribution in [2.75, 3.05) is 0 Å². The van der Waals surface area contributed by atoms with Crippen LogP contribution in [0.25, 0.3) is 16.8 Å². The molecular formula is C21H19ClF3N3O2. The third kappa shape index (κ3) is 4.14. The normalized spacial score (nSPS) is 12.2. The Bertz CT molecular complexity index is 1110. The van der Waals surface area contributed by atoms with E-state index in [0.29, 0.717) is 16.9 Å². The molecule has 1 aromatic heterocycles. The Labute approximate surface area is 175 Å². The molecule has 3 aromatic rings. The van der Waals surface area contributed by atoms with Gasteiger partial charge >= 0.3 is 6.18 Å². The molecule has 1 amide bonds. The van der Waals surface area contributed by atoms with Crippen LogP contribution in [-0.2, 0) is 11.6 Å². The number of rotatable bonds is 3. The van der Waals surface area contributed by atoms with Crippen molar-refractivity contribution in [3.05, 3.63) is 64.4 Å². The maximum Gasteiger partial charge on any atom is 0.435 e.